The SMILES string of the molecule is COc1ccc(C[C@@H]2NC(=O)[C@H](CC(C)C)NC(=O)CN(C(=O)c3cccc(C)c3C)C[C@H](C(C)C)NC(=O)[C@@H](C)NC2=O)cc1. The van der Waals surface area contributed by atoms with Crippen molar-refractivity contribution in [2.24, 2.45) is 11.8 Å². The van der Waals surface area contributed by atoms with Crippen molar-refractivity contribution < 1.29 is 28.7 Å². The van der Waals surface area contributed by atoms with Gasteiger partial charge in [-0.15, -0.1) is 0 Å². The van der Waals surface area contributed by atoms with E-state index in [9.17, 15) is 24.0 Å². The molecular formula is C35H49N5O6. The highest BCUT2D eigenvalue weighted by Gasteiger charge is 2.33. The fourth-order valence-electron chi connectivity index (χ4n) is 5.32. The van der Waals surface area contributed by atoms with E-state index in [1.807, 2.05) is 47.6 Å². The van der Waals surface area contributed by atoms with Crippen LogP contribution in [0.1, 0.15) is 68.1 Å². The van der Waals surface area contributed by atoms with Gasteiger partial charge in [-0.2, -0.15) is 0 Å². The van der Waals surface area contributed by atoms with Crippen molar-refractivity contribution in [3.8, 4) is 5.75 Å². The molecule has 0 aliphatic carbocycles. The smallest absolute Gasteiger partial charge is 0.254 e. The van der Waals surface area contributed by atoms with Gasteiger partial charge in [0.25, 0.3) is 5.91 Å². The molecule has 0 unspecified atom stereocenters. The molecular weight excluding hydrogens is 586 g/mol. The van der Waals surface area contributed by atoms with Crippen molar-refractivity contribution in [2.75, 3.05) is 20.2 Å². The number of hydrogen-bond acceptors (Lipinski definition) is 6. The summed E-state index contributed by atoms with van der Waals surface area (Å²) in [7, 11) is 1.56. The number of methoxy groups -OCH3 is 1. The summed E-state index contributed by atoms with van der Waals surface area (Å²) < 4.78 is 5.23. The van der Waals surface area contributed by atoms with Crippen LogP contribution < -0.4 is 26.0 Å². The number of amides is 5. The maximum Gasteiger partial charge on any atom is 0.254 e. The Hall–Kier alpha value is -4.41. The summed E-state index contributed by atoms with van der Waals surface area (Å²) in [5.74, 6) is -1.82. The fraction of sp³-hybridized carbons (Fsp3) is 0.514. The largest absolute Gasteiger partial charge is 0.497 e. The number of carbonyl (C=O) groups is 5. The summed E-state index contributed by atoms with van der Waals surface area (Å²) >= 11 is 0. The molecule has 0 radical (unpaired) electrons. The van der Waals surface area contributed by atoms with Crippen LogP contribution >= 0.6 is 0 Å². The number of carbonyl (C=O) groups excluding carboxylic acids is 5. The minimum Gasteiger partial charge on any atom is -0.497 e. The topological polar surface area (TPSA) is 146 Å². The van der Waals surface area contributed by atoms with Crippen molar-refractivity contribution in [3.05, 3.63) is 64.7 Å². The second-order valence-corrected chi connectivity index (χ2v) is 12.9. The third-order valence-corrected chi connectivity index (χ3v) is 8.35. The Labute approximate surface area is 272 Å². The molecule has 1 fully saturated rings. The van der Waals surface area contributed by atoms with Crippen LogP contribution in [0.5, 0.6) is 5.75 Å². The van der Waals surface area contributed by atoms with E-state index in [4.69, 9.17) is 4.74 Å². The lowest BCUT2D eigenvalue weighted by Gasteiger charge is -2.31. The third kappa shape index (κ3) is 9.79. The van der Waals surface area contributed by atoms with E-state index < -0.39 is 47.8 Å². The summed E-state index contributed by atoms with van der Waals surface area (Å²) in [6.07, 6.45) is 0.454. The van der Waals surface area contributed by atoms with Gasteiger partial charge in [-0.1, -0.05) is 52.0 Å². The Balaban J connectivity index is 2.01. The number of aryl methyl sites for hydroxylation is 1. The molecule has 0 spiro atoms. The average molecular weight is 636 g/mol. The quantitative estimate of drug-likeness (QED) is 0.368. The van der Waals surface area contributed by atoms with Gasteiger partial charge in [0.1, 0.15) is 23.9 Å². The second kappa shape index (κ2) is 16.2. The number of ether oxygens (including phenoxy) is 1. The van der Waals surface area contributed by atoms with E-state index in [0.29, 0.717) is 17.7 Å². The maximum absolute atomic E-state index is 13.9. The number of nitrogens with one attached hydrogen (secondary N) is 4. The van der Waals surface area contributed by atoms with Crippen LogP contribution in [0, 0.1) is 25.7 Å². The van der Waals surface area contributed by atoms with Gasteiger partial charge >= 0.3 is 0 Å². The van der Waals surface area contributed by atoms with Crippen LogP contribution in [0.2, 0.25) is 0 Å². The molecule has 4 atom stereocenters. The van der Waals surface area contributed by atoms with Crippen molar-refractivity contribution in [2.45, 2.75) is 85.5 Å². The summed E-state index contributed by atoms with van der Waals surface area (Å²) in [4.78, 5) is 69.6. The highest BCUT2D eigenvalue weighted by molar-refractivity contribution is 5.99. The zero-order chi connectivity index (χ0) is 34.1. The number of nitrogens with zero attached hydrogens (tertiary/aromatic N) is 1. The van der Waals surface area contributed by atoms with E-state index in [2.05, 4.69) is 21.3 Å². The van der Waals surface area contributed by atoms with Crippen LogP contribution in [0.4, 0.5) is 0 Å². The Morgan fingerprint density at radius 1 is 0.870 bits per heavy atom. The van der Waals surface area contributed by atoms with Crippen LogP contribution in [-0.2, 0) is 25.6 Å². The van der Waals surface area contributed by atoms with Crippen LogP contribution in [0.25, 0.3) is 0 Å². The van der Waals surface area contributed by atoms with E-state index in [-0.39, 0.29) is 37.3 Å². The number of benzene rings is 2. The molecule has 1 aliphatic rings. The zero-order valence-electron chi connectivity index (χ0n) is 28.2. The van der Waals surface area contributed by atoms with Gasteiger partial charge in [-0.3, -0.25) is 24.0 Å². The minimum atomic E-state index is -1.03. The summed E-state index contributed by atoms with van der Waals surface area (Å²) in [6.45, 7) is 12.7. The summed E-state index contributed by atoms with van der Waals surface area (Å²) in [5, 5.41) is 11.4. The predicted octanol–water partition coefficient (Wildman–Crippen LogP) is 2.67. The monoisotopic (exact) mass is 635 g/mol. The molecule has 3 rings (SSSR count). The van der Waals surface area contributed by atoms with E-state index in [0.717, 1.165) is 16.7 Å². The van der Waals surface area contributed by atoms with Crippen LogP contribution in [0.15, 0.2) is 42.5 Å². The Morgan fingerprint density at radius 3 is 2.13 bits per heavy atom. The maximum atomic E-state index is 13.9. The Bertz CT molecular complexity index is 1410. The molecule has 1 saturated heterocycles. The molecule has 11 heteroatoms. The minimum absolute atomic E-state index is 0.0341. The lowest BCUT2D eigenvalue weighted by atomic mass is 10.00. The molecule has 0 bridgehead atoms. The lowest BCUT2D eigenvalue weighted by molar-refractivity contribution is -0.133. The van der Waals surface area contributed by atoms with Gasteiger partial charge < -0.3 is 30.9 Å². The molecule has 0 aromatic heterocycles. The van der Waals surface area contributed by atoms with Crippen molar-refractivity contribution >= 4 is 29.5 Å². The fourth-order valence-corrected chi connectivity index (χ4v) is 5.32. The molecule has 1 heterocycles. The molecule has 2 aromatic carbocycles. The molecule has 5 amide bonds. The van der Waals surface area contributed by atoms with Crippen molar-refractivity contribution in [1.29, 1.82) is 0 Å². The predicted molar refractivity (Wildman–Crippen MR) is 176 cm³/mol. The van der Waals surface area contributed by atoms with Gasteiger partial charge in [-0.25, -0.2) is 0 Å². The van der Waals surface area contributed by atoms with E-state index >= 15 is 0 Å². The molecule has 4 N–H and O–H groups in total. The molecule has 0 saturated carbocycles. The lowest BCUT2D eigenvalue weighted by Crippen LogP contribution is -2.57. The first-order valence-corrected chi connectivity index (χ1v) is 15.9. The number of hydrogen-bond donors (Lipinski definition) is 4. The average Bonchev–Trinajstić information content (AvgIpc) is 3.00. The Morgan fingerprint density at radius 2 is 1.52 bits per heavy atom. The Kier molecular flexibility index (Phi) is 12.7. The second-order valence-electron chi connectivity index (χ2n) is 12.9. The molecule has 11 nitrogen and oxygen atoms in total. The van der Waals surface area contributed by atoms with E-state index in [1.165, 1.54) is 4.90 Å². The highest BCUT2D eigenvalue weighted by Crippen LogP contribution is 2.18. The number of rotatable bonds is 7. The molecule has 2 aromatic rings. The highest BCUT2D eigenvalue weighted by atomic mass is 16.5. The van der Waals surface area contributed by atoms with Crippen LogP contribution in [0.3, 0.4) is 0 Å². The molecule has 1 aliphatic heterocycles. The van der Waals surface area contributed by atoms with Gasteiger partial charge in [-0.05, 0) is 73.9 Å². The van der Waals surface area contributed by atoms with Gasteiger partial charge in [0.2, 0.25) is 23.6 Å². The first kappa shape index (κ1) is 36.1. The van der Waals surface area contributed by atoms with Gasteiger partial charge in [0, 0.05) is 24.6 Å². The molecule has 250 valence electrons. The van der Waals surface area contributed by atoms with E-state index in [1.54, 1.807) is 50.4 Å². The third-order valence-electron chi connectivity index (χ3n) is 8.35. The normalized spacial score (nSPS) is 21.9. The van der Waals surface area contributed by atoms with Crippen molar-refractivity contribution in [1.82, 2.24) is 26.2 Å². The van der Waals surface area contributed by atoms with Gasteiger partial charge in [0.05, 0.1) is 13.7 Å². The standard InChI is InChI=1S/C35H49N5O6/c1-20(2)16-28-34(44)38-29(17-25-12-14-26(46-8)15-13-25)33(43)36-24(7)32(42)39-30(21(3)4)18-40(19-31(41)37-28)35(45)27-11-9-10-22(5)23(27)6/h9-15,20-21,24,28-30H,16-19H2,1-8H3,(H,36,43)(H,37,41)(H,38,44)(H,39,42)/t24-,28+,29+,30-/m1/s1. The van der Waals surface area contributed by atoms with Crippen molar-refractivity contribution in [3.63, 3.8) is 0 Å². The van der Waals surface area contributed by atoms with Crippen LogP contribution in [-0.4, -0.2) is 78.8 Å². The first-order valence-electron chi connectivity index (χ1n) is 15.9. The zero-order valence-corrected chi connectivity index (χ0v) is 28.2. The summed E-state index contributed by atoms with van der Waals surface area (Å²) in [6, 6.07) is 9.08. The first-order chi connectivity index (χ1) is 21.7. The molecule has 46 heavy (non-hydrogen) atoms. The van der Waals surface area contributed by atoms with Gasteiger partial charge in [0.15, 0.2) is 0 Å². The summed E-state index contributed by atoms with van der Waals surface area (Å²) in [5.41, 5.74) is 2.95.